The van der Waals surface area contributed by atoms with E-state index in [1.807, 2.05) is 17.9 Å². The minimum atomic E-state index is -0.589. The van der Waals surface area contributed by atoms with E-state index in [9.17, 15) is 4.21 Å². The van der Waals surface area contributed by atoms with Gasteiger partial charge in [0.25, 0.3) is 0 Å². The number of anilines is 1. The molecule has 1 aliphatic heterocycles. The van der Waals surface area contributed by atoms with E-state index in [-0.39, 0.29) is 0 Å². The summed E-state index contributed by atoms with van der Waals surface area (Å²) in [5.41, 5.74) is 2.26. The van der Waals surface area contributed by atoms with Gasteiger partial charge in [0.05, 0.1) is 11.4 Å². The zero-order valence-electron chi connectivity index (χ0n) is 10.8. The fraction of sp³-hybridized carbons (Fsp3) is 0.750. The lowest BCUT2D eigenvalue weighted by Crippen LogP contribution is -2.29. The van der Waals surface area contributed by atoms with Crippen molar-refractivity contribution in [1.29, 1.82) is 0 Å². The Morgan fingerprint density at radius 3 is 2.71 bits per heavy atom. The van der Waals surface area contributed by atoms with Gasteiger partial charge in [-0.15, -0.1) is 0 Å². The monoisotopic (exact) mass is 255 g/mol. The highest BCUT2D eigenvalue weighted by Gasteiger charge is 2.20. The van der Waals surface area contributed by atoms with E-state index >= 15 is 0 Å². The molecule has 0 saturated carbocycles. The lowest BCUT2D eigenvalue weighted by Gasteiger charge is -2.23. The van der Waals surface area contributed by atoms with Gasteiger partial charge < -0.3 is 5.32 Å². The third kappa shape index (κ3) is 3.09. The van der Waals surface area contributed by atoms with Crippen LogP contribution in [0.4, 0.5) is 5.69 Å². The molecule has 96 valence electrons. The van der Waals surface area contributed by atoms with E-state index in [2.05, 4.69) is 24.3 Å². The van der Waals surface area contributed by atoms with Crippen LogP contribution in [-0.2, 0) is 17.8 Å². The Bertz CT molecular complexity index is 404. The van der Waals surface area contributed by atoms with Crippen molar-refractivity contribution in [2.75, 3.05) is 16.8 Å². The van der Waals surface area contributed by atoms with E-state index in [0.717, 1.165) is 35.7 Å². The second-order valence-corrected chi connectivity index (χ2v) is 6.72. The summed E-state index contributed by atoms with van der Waals surface area (Å²) in [5.74, 6) is 2.08. The number of hydrogen-bond acceptors (Lipinski definition) is 3. The van der Waals surface area contributed by atoms with Gasteiger partial charge in [-0.25, -0.2) is 0 Å². The fourth-order valence-corrected chi connectivity index (χ4v) is 3.50. The predicted octanol–water partition coefficient (Wildman–Crippen LogP) is 1.87. The van der Waals surface area contributed by atoms with Crippen LogP contribution in [-0.4, -0.2) is 31.5 Å². The second-order valence-electron chi connectivity index (χ2n) is 5.02. The molecule has 1 saturated heterocycles. The lowest BCUT2D eigenvalue weighted by molar-refractivity contribution is 0.623. The zero-order chi connectivity index (χ0) is 12.4. The van der Waals surface area contributed by atoms with Crippen LogP contribution in [0.5, 0.6) is 0 Å². The third-order valence-electron chi connectivity index (χ3n) is 3.15. The van der Waals surface area contributed by atoms with Crippen LogP contribution in [0.2, 0.25) is 0 Å². The Labute approximate surface area is 105 Å². The van der Waals surface area contributed by atoms with E-state index in [1.165, 1.54) is 0 Å². The molecule has 0 aromatic carbocycles. The first-order chi connectivity index (χ1) is 8.06. The molecule has 1 N–H and O–H groups in total. The molecule has 0 bridgehead atoms. The fourth-order valence-electron chi connectivity index (χ4n) is 2.20. The molecule has 1 aromatic rings. The number of rotatable bonds is 3. The maximum atomic E-state index is 11.3. The molecule has 0 radical (unpaired) electrons. The van der Waals surface area contributed by atoms with Crippen LogP contribution in [0, 0.1) is 0 Å². The number of nitrogens with zero attached hydrogens (tertiary/aromatic N) is 2. The molecule has 2 rings (SSSR count). The predicted molar refractivity (Wildman–Crippen MR) is 71.8 cm³/mol. The zero-order valence-corrected chi connectivity index (χ0v) is 11.6. The SMILES string of the molecule is CC(C)c1nn(C)cc1NC1CCS(=O)CC1. The van der Waals surface area contributed by atoms with Crippen LogP contribution in [0.15, 0.2) is 6.20 Å². The second kappa shape index (κ2) is 5.21. The van der Waals surface area contributed by atoms with Crippen molar-refractivity contribution in [3.05, 3.63) is 11.9 Å². The molecule has 4 nitrogen and oxygen atoms in total. The largest absolute Gasteiger partial charge is 0.379 e. The van der Waals surface area contributed by atoms with Crippen LogP contribution in [0.25, 0.3) is 0 Å². The van der Waals surface area contributed by atoms with Gasteiger partial charge in [-0.05, 0) is 18.8 Å². The molecular weight excluding hydrogens is 234 g/mol. The summed E-state index contributed by atoms with van der Waals surface area (Å²) in [5, 5.41) is 8.04. The Hall–Kier alpha value is -0.840. The van der Waals surface area contributed by atoms with Crippen molar-refractivity contribution in [3.63, 3.8) is 0 Å². The summed E-state index contributed by atoms with van der Waals surface area (Å²) in [7, 11) is 1.36. The average Bonchev–Trinajstić information content (AvgIpc) is 2.63. The van der Waals surface area contributed by atoms with Crippen LogP contribution in [0.1, 0.15) is 38.3 Å². The van der Waals surface area contributed by atoms with Crippen molar-refractivity contribution < 1.29 is 4.21 Å². The number of aryl methyl sites for hydroxylation is 1. The molecule has 0 spiro atoms. The summed E-state index contributed by atoms with van der Waals surface area (Å²) in [6.07, 6.45) is 4.04. The maximum Gasteiger partial charge on any atom is 0.0881 e. The summed E-state index contributed by atoms with van der Waals surface area (Å²) in [6.45, 7) is 4.31. The smallest absolute Gasteiger partial charge is 0.0881 e. The van der Waals surface area contributed by atoms with Crippen molar-refractivity contribution >= 4 is 16.5 Å². The highest BCUT2D eigenvalue weighted by Crippen LogP contribution is 2.24. The molecule has 17 heavy (non-hydrogen) atoms. The maximum absolute atomic E-state index is 11.3. The quantitative estimate of drug-likeness (QED) is 0.897. The van der Waals surface area contributed by atoms with Gasteiger partial charge in [0, 0.05) is 41.6 Å². The number of nitrogens with one attached hydrogen (secondary N) is 1. The van der Waals surface area contributed by atoms with Crippen molar-refractivity contribution in [2.24, 2.45) is 7.05 Å². The Kier molecular flexibility index (Phi) is 3.86. The summed E-state index contributed by atoms with van der Waals surface area (Å²) >= 11 is 0. The lowest BCUT2D eigenvalue weighted by atomic mass is 10.1. The molecule has 1 aliphatic rings. The van der Waals surface area contributed by atoms with Crippen LogP contribution < -0.4 is 5.32 Å². The molecular formula is C12H21N3OS. The van der Waals surface area contributed by atoms with Gasteiger partial charge in [0.15, 0.2) is 0 Å². The Morgan fingerprint density at radius 2 is 2.12 bits per heavy atom. The molecule has 2 heterocycles. The standard InChI is InChI=1S/C12H21N3OS/c1-9(2)12-11(8-15(3)14-12)13-10-4-6-17(16)7-5-10/h8-10,13H,4-7H2,1-3H3. The molecule has 0 amide bonds. The summed E-state index contributed by atoms with van der Waals surface area (Å²) in [6, 6.07) is 0.453. The van der Waals surface area contributed by atoms with Crippen molar-refractivity contribution in [1.82, 2.24) is 9.78 Å². The molecule has 5 heteroatoms. The van der Waals surface area contributed by atoms with E-state index < -0.39 is 10.8 Å². The van der Waals surface area contributed by atoms with E-state index in [1.54, 1.807) is 0 Å². The minimum absolute atomic E-state index is 0.427. The van der Waals surface area contributed by atoms with Crippen LogP contribution in [0.3, 0.4) is 0 Å². The van der Waals surface area contributed by atoms with Crippen molar-refractivity contribution in [2.45, 2.75) is 38.6 Å². The number of aromatic nitrogens is 2. The van der Waals surface area contributed by atoms with Crippen molar-refractivity contribution in [3.8, 4) is 0 Å². The van der Waals surface area contributed by atoms with Gasteiger partial charge in [0.2, 0.25) is 0 Å². The normalized spacial score (nSPS) is 25.2. The first kappa shape index (κ1) is 12.6. The highest BCUT2D eigenvalue weighted by molar-refractivity contribution is 7.85. The minimum Gasteiger partial charge on any atom is -0.379 e. The highest BCUT2D eigenvalue weighted by atomic mass is 32.2. The molecule has 0 unspecified atom stereocenters. The van der Waals surface area contributed by atoms with Gasteiger partial charge in [-0.3, -0.25) is 8.89 Å². The summed E-state index contributed by atoms with van der Waals surface area (Å²) < 4.78 is 13.2. The first-order valence-corrected chi connectivity index (χ1v) is 7.70. The number of hydrogen-bond donors (Lipinski definition) is 1. The first-order valence-electron chi connectivity index (χ1n) is 6.21. The van der Waals surface area contributed by atoms with Crippen LogP contribution >= 0.6 is 0 Å². The Balaban J connectivity index is 2.05. The van der Waals surface area contributed by atoms with E-state index in [0.29, 0.717) is 12.0 Å². The van der Waals surface area contributed by atoms with Gasteiger partial charge in [-0.1, -0.05) is 13.8 Å². The molecule has 1 fully saturated rings. The van der Waals surface area contributed by atoms with Gasteiger partial charge >= 0.3 is 0 Å². The van der Waals surface area contributed by atoms with Gasteiger partial charge in [-0.2, -0.15) is 5.10 Å². The molecule has 1 aromatic heterocycles. The summed E-state index contributed by atoms with van der Waals surface area (Å²) in [4.78, 5) is 0. The molecule has 0 aliphatic carbocycles. The Morgan fingerprint density at radius 1 is 1.47 bits per heavy atom. The molecule has 0 atom stereocenters. The topological polar surface area (TPSA) is 46.9 Å². The third-order valence-corrected chi connectivity index (χ3v) is 4.53. The van der Waals surface area contributed by atoms with Gasteiger partial charge in [0.1, 0.15) is 0 Å². The van der Waals surface area contributed by atoms with E-state index in [4.69, 9.17) is 0 Å². The average molecular weight is 255 g/mol.